The molecule has 7 nitrogen and oxygen atoms in total. The van der Waals surface area contributed by atoms with Crippen molar-refractivity contribution in [1.29, 1.82) is 0 Å². The zero-order chi connectivity index (χ0) is 19.6. The number of carbonyl (C=O) groups is 2. The predicted molar refractivity (Wildman–Crippen MR) is 102 cm³/mol. The molecule has 0 saturated carbocycles. The van der Waals surface area contributed by atoms with Crippen LogP contribution in [0.1, 0.15) is 30.5 Å². The summed E-state index contributed by atoms with van der Waals surface area (Å²) in [4.78, 5) is 32.9. The van der Waals surface area contributed by atoms with Crippen LogP contribution in [0.3, 0.4) is 0 Å². The van der Waals surface area contributed by atoms with Gasteiger partial charge in [-0.3, -0.25) is 9.59 Å². The molecule has 1 atom stereocenters. The Kier molecular flexibility index (Phi) is 5.60. The number of anilines is 2. The second-order valence-corrected chi connectivity index (χ2v) is 7.11. The summed E-state index contributed by atoms with van der Waals surface area (Å²) in [5.74, 6) is -1.04. The number of fused-ring (bicyclic) bond motifs is 1. The van der Waals surface area contributed by atoms with Crippen LogP contribution in [0, 0.1) is 5.92 Å². The third-order valence-electron chi connectivity index (χ3n) is 4.68. The number of rotatable bonds is 5. The van der Waals surface area contributed by atoms with Crippen LogP contribution in [0.5, 0.6) is 0 Å². The van der Waals surface area contributed by atoms with Gasteiger partial charge in [0.05, 0.1) is 5.92 Å². The van der Waals surface area contributed by atoms with E-state index in [1.165, 1.54) is 5.56 Å². The largest absolute Gasteiger partial charge is 0.481 e. The normalized spacial score (nSPS) is 14.4. The molecule has 0 saturated heterocycles. The first-order chi connectivity index (χ1) is 12.8. The van der Waals surface area contributed by atoms with Crippen molar-refractivity contribution in [2.24, 2.45) is 5.92 Å². The minimum absolute atomic E-state index is 0.0697. The monoisotopic (exact) mass is 388 g/mol. The van der Waals surface area contributed by atoms with Crippen molar-refractivity contribution < 1.29 is 14.7 Å². The van der Waals surface area contributed by atoms with E-state index in [0.29, 0.717) is 18.1 Å². The maximum absolute atomic E-state index is 11.6. The van der Waals surface area contributed by atoms with Crippen LogP contribution < -0.4 is 5.32 Å². The minimum Gasteiger partial charge on any atom is -0.481 e. The number of nitrogens with zero attached hydrogens (tertiary/aromatic N) is 3. The Morgan fingerprint density at radius 2 is 2.15 bits per heavy atom. The minimum atomic E-state index is -0.887. The fraction of sp³-hybridized carbons (Fsp3) is 0.368. The van der Waals surface area contributed by atoms with Gasteiger partial charge in [-0.15, -0.1) is 0 Å². The first-order valence-corrected chi connectivity index (χ1v) is 9.10. The maximum atomic E-state index is 11.6. The van der Waals surface area contributed by atoms with Gasteiger partial charge in [-0.2, -0.15) is 0 Å². The molecule has 1 aliphatic heterocycles. The first-order valence-electron chi connectivity index (χ1n) is 8.72. The van der Waals surface area contributed by atoms with Crippen molar-refractivity contribution in [3.05, 3.63) is 46.2 Å². The average Bonchev–Trinajstić information content (AvgIpc) is 2.63. The molecule has 0 aliphatic carbocycles. The van der Waals surface area contributed by atoms with Gasteiger partial charge in [0, 0.05) is 37.5 Å². The summed E-state index contributed by atoms with van der Waals surface area (Å²) in [5, 5.41) is 12.4. The molecule has 1 aromatic heterocycles. The van der Waals surface area contributed by atoms with Gasteiger partial charge in [-0.1, -0.05) is 24.6 Å². The van der Waals surface area contributed by atoms with Gasteiger partial charge in [-0.25, -0.2) is 9.97 Å². The number of aliphatic carboxylic acids is 1. The molecule has 0 radical (unpaired) electrons. The fourth-order valence-corrected chi connectivity index (χ4v) is 3.24. The molecule has 1 aliphatic rings. The van der Waals surface area contributed by atoms with Gasteiger partial charge in [-0.05, 0) is 36.1 Å². The van der Waals surface area contributed by atoms with Crippen molar-refractivity contribution in [2.45, 2.75) is 33.2 Å². The number of carboxylic acid groups (broad SMARTS) is 1. The molecule has 0 bridgehead atoms. The van der Waals surface area contributed by atoms with Crippen molar-refractivity contribution in [3.63, 3.8) is 0 Å². The van der Waals surface area contributed by atoms with Crippen molar-refractivity contribution in [1.82, 2.24) is 14.9 Å². The van der Waals surface area contributed by atoms with Gasteiger partial charge in [0.1, 0.15) is 5.15 Å². The van der Waals surface area contributed by atoms with Gasteiger partial charge in [0.25, 0.3) is 0 Å². The predicted octanol–water partition coefficient (Wildman–Crippen LogP) is 3.04. The number of carbonyl (C=O) groups excluding carboxylic acids is 1. The number of hydrogen-bond acceptors (Lipinski definition) is 5. The molecule has 1 aromatic carbocycles. The molecule has 3 rings (SSSR count). The second kappa shape index (κ2) is 7.92. The van der Waals surface area contributed by atoms with E-state index >= 15 is 0 Å². The van der Waals surface area contributed by atoms with E-state index in [0.717, 1.165) is 24.2 Å². The quantitative estimate of drug-likeness (QED) is 0.764. The van der Waals surface area contributed by atoms with Gasteiger partial charge >= 0.3 is 5.97 Å². The summed E-state index contributed by atoms with van der Waals surface area (Å²) in [6, 6.07) is 5.97. The molecule has 27 heavy (non-hydrogen) atoms. The molecule has 8 heteroatoms. The number of nitrogens with one attached hydrogen (secondary N) is 1. The summed E-state index contributed by atoms with van der Waals surface area (Å²) >= 11 is 6.19. The van der Waals surface area contributed by atoms with Crippen LogP contribution in [-0.4, -0.2) is 38.4 Å². The summed E-state index contributed by atoms with van der Waals surface area (Å²) < 4.78 is 0. The Labute approximate surface area is 162 Å². The lowest BCUT2D eigenvalue weighted by Crippen LogP contribution is -2.34. The van der Waals surface area contributed by atoms with Crippen LogP contribution in [0.25, 0.3) is 0 Å². The number of hydrogen-bond donors (Lipinski definition) is 2. The van der Waals surface area contributed by atoms with Crippen LogP contribution in [-0.2, 0) is 29.0 Å². The Morgan fingerprint density at radius 3 is 2.81 bits per heavy atom. The van der Waals surface area contributed by atoms with E-state index in [2.05, 4.69) is 15.3 Å². The Bertz CT molecular complexity index is 887. The van der Waals surface area contributed by atoms with E-state index in [9.17, 15) is 9.59 Å². The van der Waals surface area contributed by atoms with Crippen LogP contribution in [0.2, 0.25) is 5.15 Å². The van der Waals surface area contributed by atoms with Crippen LogP contribution in [0.15, 0.2) is 24.4 Å². The third-order valence-corrected chi connectivity index (χ3v) is 5.01. The van der Waals surface area contributed by atoms with Crippen molar-refractivity contribution >= 4 is 35.1 Å². The first kappa shape index (κ1) is 19.1. The third kappa shape index (κ3) is 4.54. The topological polar surface area (TPSA) is 95.4 Å². The number of benzene rings is 1. The van der Waals surface area contributed by atoms with Crippen molar-refractivity contribution in [2.75, 3.05) is 11.9 Å². The molecule has 142 valence electrons. The Morgan fingerprint density at radius 1 is 1.37 bits per heavy atom. The number of aromatic nitrogens is 2. The number of carboxylic acids is 1. The highest BCUT2D eigenvalue weighted by molar-refractivity contribution is 6.30. The van der Waals surface area contributed by atoms with E-state index in [-0.39, 0.29) is 17.5 Å². The summed E-state index contributed by atoms with van der Waals surface area (Å²) in [5.41, 5.74) is 3.73. The van der Waals surface area contributed by atoms with Gasteiger partial charge in [0.2, 0.25) is 11.9 Å². The van der Waals surface area contributed by atoms with Crippen molar-refractivity contribution in [3.8, 4) is 0 Å². The van der Waals surface area contributed by atoms with E-state index < -0.39 is 11.9 Å². The highest BCUT2D eigenvalue weighted by Crippen LogP contribution is 2.25. The Hall–Kier alpha value is -2.67. The highest BCUT2D eigenvalue weighted by atomic mass is 35.5. The zero-order valence-electron chi connectivity index (χ0n) is 15.2. The summed E-state index contributed by atoms with van der Waals surface area (Å²) in [6.07, 6.45) is 2.66. The van der Waals surface area contributed by atoms with Crippen LogP contribution >= 0.6 is 11.6 Å². The summed E-state index contributed by atoms with van der Waals surface area (Å²) in [7, 11) is 0. The fourth-order valence-electron chi connectivity index (χ4n) is 3.03. The lowest BCUT2D eigenvalue weighted by atomic mass is 9.99. The number of amides is 1. The smallest absolute Gasteiger partial charge is 0.306 e. The molecule has 1 unspecified atom stereocenters. The average molecular weight is 389 g/mol. The molecular formula is C19H21ClN4O3. The number of halogens is 1. The molecule has 2 aromatic rings. The Balaban J connectivity index is 1.74. The van der Waals surface area contributed by atoms with Crippen LogP contribution in [0.4, 0.5) is 11.6 Å². The lowest BCUT2D eigenvalue weighted by Gasteiger charge is -2.28. The molecule has 0 spiro atoms. The second-order valence-electron chi connectivity index (χ2n) is 6.75. The molecule has 1 amide bonds. The van der Waals surface area contributed by atoms with E-state index in [1.54, 1.807) is 20.0 Å². The van der Waals surface area contributed by atoms with E-state index in [1.807, 2.05) is 23.1 Å². The zero-order valence-corrected chi connectivity index (χ0v) is 16.0. The van der Waals surface area contributed by atoms with Gasteiger partial charge in [0.15, 0.2) is 0 Å². The lowest BCUT2D eigenvalue weighted by molar-refractivity contribution is -0.141. The molecule has 2 N–H and O–H groups in total. The molecular weight excluding hydrogens is 368 g/mol. The molecule has 2 heterocycles. The SMILES string of the molecule is CC(=O)N1CCc2ccc(Nc3ncc(CC(C)C(=O)O)c(Cl)n3)cc2C1. The summed E-state index contributed by atoms with van der Waals surface area (Å²) in [6.45, 7) is 4.52. The van der Waals surface area contributed by atoms with Gasteiger partial charge < -0.3 is 15.3 Å². The standard InChI is InChI=1S/C19H21ClN4O3/c1-11(18(26)27)7-14-9-21-19(23-17(14)20)22-16-4-3-13-5-6-24(12(2)25)10-15(13)8-16/h3-4,8-9,11H,5-7,10H2,1-2H3,(H,26,27)(H,21,22,23). The van der Waals surface area contributed by atoms with E-state index in [4.69, 9.17) is 16.7 Å². The highest BCUT2D eigenvalue weighted by Gasteiger charge is 2.19. The maximum Gasteiger partial charge on any atom is 0.306 e. The molecule has 0 fully saturated rings.